The van der Waals surface area contributed by atoms with Crippen LogP contribution in [0.2, 0.25) is 0 Å². The summed E-state index contributed by atoms with van der Waals surface area (Å²) >= 11 is 0. The molecule has 0 aliphatic carbocycles. The molecule has 1 saturated heterocycles. The summed E-state index contributed by atoms with van der Waals surface area (Å²) in [5.41, 5.74) is -0.679. The number of urea groups is 1. The summed E-state index contributed by atoms with van der Waals surface area (Å²) < 4.78 is 0. The van der Waals surface area contributed by atoms with E-state index < -0.39 is 11.4 Å². The quantitative estimate of drug-likeness (QED) is 0.626. The van der Waals surface area contributed by atoms with Crippen LogP contribution in [0.15, 0.2) is 0 Å². The summed E-state index contributed by atoms with van der Waals surface area (Å²) in [5, 5.41) is 15.2. The molecule has 0 bridgehead atoms. The number of carboxylic acids is 1. The maximum absolute atomic E-state index is 11.9. The third-order valence-electron chi connectivity index (χ3n) is 3.73. The predicted octanol–water partition coefficient (Wildman–Crippen LogP) is 0.882. The van der Waals surface area contributed by atoms with Gasteiger partial charge in [0.1, 0.15) is 0 Å². The smallest absolute Gasteiger partial charge is 0.317 e. The van der Waals surface area contributed by atoms with E-state index in [9.17, 15) is 9.59 Å². The molecule has 1 fully saturated rings. The molecule has 0 atom stereocenters. The molecular weight excluding hydrogens is 246 g/mol. The largest absolute Gasteiger partial charge is 0.481 e. The molecule has 0 aromatic carbocycles. The number of nitrogens with one attached hydrogen (secondary N) is 2. The van der Waals surface area contributed by atoms with E-state index in [1.54, 1.807) is 11.8 Å². The minimum Gasteiger partial charge on any atom is -0.481 e. The SMILES string of the molecule is CCNCCCNC(=O)N1CCC(C)(C(=O)O)CC1. The zero-order valence-corrected chi connectivity index (χ0v) is 11.9. The molecule has 0 aromatic rings. The van der Waals surface area contributed by atoms with Crippen LogP contribution in [0, 0.1) is 5.41 Å². The van der Waals surface area contributed by atoms with Crippen LogP contribution in [-0.4, -0.2) is 54.7 Å². The highest BCUT2D eigenvalue weighted by atomic mass is 16.4. The lowest BCUT2D eigenvalue weighted by Gasteiger charge is -2.36. The lowest BCUT2D eigenvalue weighted by Crippen LogP contribution is -2.49. The van der Waals surface area contributed by atoms with Gasteiger partial charge in [-0.25, -0.2) is 4.79 Å². The molecule has 1 rings (SSSR count). The van der Waals surface area contributed by atoms with E-state index in [2.05, 4.69) is 10.6 Å². The Morgan fingerprint density at radius 1 is 1.26 bits per heavy atom. The lowest BCUT2D eigenvalue weighted by atomic mass is 9.80. The molecule has 0 saturated carbocycles. The minimum absolute atomic E-state index is 0.0797. The Labute approximate surface area is 114 Å². The van der Waals surface area contributed by atoms with Gasteiger partial charge in [0.2, 0.25) is 0 Å². The monoisotopic (exact) mass is 271 g/mol. The maximum atomic E-state index is 11.9. The molecule has 1 heterocycles. The van der Waals surface area contributed by atoms with Crippen molar-refractivity contribution in [1.82, 2.24) is 15.5 Å². The lowest BCUT2D eigenvalue weighted by molar-refractivity contribution is -0.150. The molecular formula is C13H25N3O3. The van der Waals surface area contributed by atoms with Crippen molar-refractivity contribution >= 4 is 12.0 Å². The molecule has 0 unspecified atom stereocenters. The van der Waals surface area contributed by atoms with Gasteiger partial charge in [-0.15, -0.1) is 0 Å². The average Bonchev–Trinajstić information content (AvgIpc) is 2.39. The molecule has 3 N–H and O–H groups in total. The Morgan fingerprint density at radius 2 is 1.89 bits per heavy atom. The zero-order valence-electron chi connectivity index (χ0n) is 11.9. The normalized spacial score (nSPS) is 18.1. The number of amides is 2. The summed E-state index contributed by atoms with van der Waals surface area (Å²) in [6, 6.07) is -0.0797. The minimum atomic E-state index is -0.766. The number of nitrogens with zero attached hydrogens (tertiary/aromatic N) is 1. The van der Waals surface area contributed by atoms with Gasteiger partial charge in [-0.1, -0.05) is 6.92 Å². The van der Waals surface area contributed by atoms with E-state index in [-0.39, 0.29) is 6.03 Å². The molecule has 19 heavy (non-hydrogen) atoms. The first-order chi connectivity index (χ1) is 8.99. The number of carbonyl (C=O) groups is 2. The number of hydrogen-bond acceptors (Lipinski definition) is 3. The van der Waals surface area contributed by atoms with Gasteiger partial charge in [-0.3, -0.25) is 4.79 Å². The predicted molar refractivity (Wildman–Crippen MR) is 73.1 cm³/mol. The summed E-state index contributed by atoms with van der Waals surface area (Å²) in [6.07, 6.45) is 1.94. The number of hydrogen-bond donors (Lipinski definition) is 3. The standard InChI is InChI=1S/C13H25N3O3/c1-3-14-7-4-8-15-12(19)16-9-5-13(2,6-10-16)11(17)18/h14H,3-10H2,1-2H3,(H,15,19)(H,17,18). The van der Waals surface area contributed by atoms with Crippen molar-refractivity contribution in [3.05, 3.63) is 0 Å². The maximum Gasteiger partial charge on any atom is 0.317 e. The van der Waals surface area contributed by atoms with Crippen LogP contribution in [0.4, 0.5) is 4.79 Å². The summed E-state index contributed by atoms with van der Waals surface area (Å²) in [5.74, 6) is -0.766. The Bertz CT molecular complexity index is 312. The fourth-order valence-corrected chi connectivity index (χ4v) is 2.11. The fourth-order valence-electron chi connectivity index (χ4n) is 2.11. The summed E-state index contributed by atoms with van der Waals surface area (Å²) in [4.78, 5) is 24.7. The van der Waals surface area contributed by atoms with E-state index in [0.717, 1.165) is 19.5 Å². The van der Waals surface area contributed by atoms with Crippen molar-refractivity contribution in [1.29, 1.82) is 0 Å². The number of carbonyl (C=O) groups excluding carboxylic acids is 1. The van der Waals surface area contributed by atoms with Crippen molar-refractivity contribution in [3.63, 3.8) is 0 Å². The van der Waals surface area contributed by atoms with E-state index >= 15 is 0 Å². The first-order valence-electron chi connectivity index (χ1n) is 6.96. The Balaban J connectivity index is 2.23. The second kappa shape index (κ2) is 7.33. The molecule has 1 aliphatic rings. The van der Waals surface area contributed by atoms with Gasteiger partial charge in [-0.05, 0) is 39.3 Å². The Hall–Kier alpha value is -1.30. The van der Waals surface area contributed by atoms with Gasteiger partial charge in [0.25, 0.3) is 0 Å². The summed E-state index contributed by atoms with van der Waals surface area (Å²) in [6.45, 7) is 7.32. The first-order valence-corrected chi connectivity index (χ1v) is 6.96. The van der Waals surface area contributed by atoms with Crippen LogP contribution in [0.25, 0.3) is 0 Å². The molecule has 6 nitrogen and oxygen atoms in total. The van der Waals surface area contributed by atoms with Crippen molar-refractivity contribution < 1.29 is 14.7 Å². The van der Waals surface area contributed by atoms with Gasteiger partial charge in [0.15, 0.2) is 0 Å². The Kier molecular flexibility index (Phi) is 6.08. The number of likely N-dealkylation sites (tertiary alicyclic amines) is 1. The third-order valence-corrected chi connectivity index (χ3v) is 3.73. The first kappa shape index (κ1) is 15.8. The second-order valence-electron chi connectivity index (χ2n) is 5.29. The van der Waals surface area contributed by atoms with Gasteiger partial charge < -0.3 is 20.6 Å². The molecule has 6 heteroatoms. The highest BCUT2D eigenvalue weighted by molar-refractivity contribution is 5.76. The zero-order chi connectivity index (χ0) is 14.3. The van der Waals surface area contributed by atoms with E-state index in [0.29, 0.717) is 32.5 Å². The number of piperidine rings is 1. The van der Waals surface area contributed by atoms with E-state index in [4.69, 9.17) is 5.11 Å². The summed E-state index contributed by atoms with van der Waals surface area (Å²) in [7, 11) is 0. The van der Waals surface area contributed by atoms with Crippen LogP contribution in [-0.2, 0) is 4.79 Å². The molecule has 110 valence electrons. The molecule has 2 amide bonds. The van der Waals surface area contributed by atoms with Crippen LogP contribution in [0.1, 0.15) is 33.1 Å². The number of carboxylic acid groups (broad SMARTS) is 1. The average molecular weight is 271 g/mol. The fraction of sp³-hybridized carbons (Fsp3) is 0.846. The highest BCUT2D eigenvalue weighted by Crippen LogP contribution is 2.30. The molecule has 0 aromatic heterocycles. The second-order valence-corrected chi connectivity index (χ2v) is 5.29. The van der Waals surface area contributed by atoms with Gasteiger partial charge >= 0.3 is 12.0 Å². The molecule has 0 radical (unpaired) electrons. The molecule has 1 aliphatic heterocycles. The van der Waals surface area contributed by atoms with Crippen molar-refractivity contribution in [2.24, 2.45) is 5.41 Å². The van der Waals surface area contributed by atoms with Crippen molar-refractivity contribution in [3.8, 4) is 0 Å². The van der Waals surface area contributed by atoms with E-state index in [1.165, 1.54) is 0 Å². The van der Waals surface area contributed by atoms with Crippen LogP contribution >= 0.6 is 0 Å². The number of aliphatic carboxylic acids is 1. The van der Waals surface area contributed by atoms with E-state index in [1.807, 2.05) is 6.92 Å². The van der Waals surface area contributed by atoms with Crippen molar-refractivity contribution in [2.45, 2.75) is 33.1 Å². The van der Waals surface area contributed by atoms with Gasteiger partial charge in [0.05, 0.1) is 5.41 Å². The van der Waals surface area contributed by atoms with Crippen LogP contribution in [0.5, 0.6) is 0 Å². The third kappa shape index (κ3) is 4.70. The van der Waals surface area contributed by atoms with Crippen molar-refractivity contribution in [2.75, 3.05) is 32.7 Å². The highest BCUT2D eigenvalue weighted by Gasteiger charge is 2.37. The van der Waals surface area contributed by atoms with Crippen LogP contribution in [0.3, 0.4) is 0 Å². The Morgan fingerprint density at radius 3 is 2.42 bits per heavy atom. The topological polar surface area (TPSA) is 81.7 Å². The number of rotatable bonds is 6. The molecule has 0 spiro atoms. The van der Waals surface area contributed by atoms with Gasteiger partial charge in [0, 0.05) is 19.6 Å². The van der Waals surface area contributed by atoms with Gasteiger partial charge in [-0.2, -0.15) is 0 Å². The van der Waals surface area contributed by atoms with Crippen LogP contribution < -0.4 is 10.6 Å².